The Kier molecular flexibility index (Phi) is 3.55. The lowest BCUT2D eigenvalue weighted by Crippen LogP contribution is -2.41. The molecule has 0 aromatic carbocycles. The van der Waals surface area contributed by atoms with Crippen molar-refractivity contribution in [1.82, 2.24) is 4.90 Å². The number of carbonyl (C=O) groups is 1. The second-order valence-corrected chi connectivity index (χ2v) is 4.89. The third kappa shape index (κ3) is 2.57. The van der Waals surface area contributed by atoms with Gasteiger partial charge in [-0.3, -0.25) is 4.90 Å². The summed E-state index contributed by atoms with van der Waals surface area (Å²) in [7, 11) is 0. The van der Waals surface area contributed by atoms with Crippen molar-refractivity contribution in [1.29, 1.82) is 0 Å². The third-order valence-electron chi connectivity index (χ3n) is 2.03. The molecular weight excluding hydrogens is 238 g/mol. The molecule has 1 aliphatic rings. The smallest absolute Gasteiger partial charge is 0.412 e. The molecule has 0 bridgehead atoms. The number of carbonyl (C=O) groups excluding carboxylic acids is 1. The van der Waals surface area contributed by atoms with Crippen LogP contribution in [0, 0.1) is 0 Å². The number of rotatable bonds is 3. The molecule has 0 aromatic rings. The Morgan fingerprint density at radius 3 is 2.77 bits per heavy atom. The van der Waals surface area contributed by atoms with Gasteiger partial charge in [0.05, 0.1) is 0 Å². The van der Waals surface area contributed by atoms with Crippen molar-refractivity contribution in [3.8, 4) is 0 Å². The lowest BCUT2D eigenvalue weighted by Gasteiger charge is -2.25. The maximum absolute atomic E-state index is 11.1. The average molecular weight is 252 g/mol. The van der Waals surface area contributed by atoms with E-state index < -0.39 is 12.3 Å². The van der Waals surface area contributed by atoms with Crippen LogP contribution < -0.4 is 0 Å². The van der Waals surface area contributed by atoms with Gasteiger partial charge in [-0.15, -0.1) is 0 Å². The molecule has 0 aromatic heterocycles. The Morgan fingerprint density at radius 1 is 1.77 bits per heavy atom. The normalized spacial score (nSPS) is 27.2. The lowest BCUT2D eigenvalue weighted by molar-refractivity contribution is 0.0376. The second-order valence-electron chi connectivity index (χ2n) is 3.33. The minimum Gasteiger partial charge on any atom is -0.445 e. The zero-order valence-electron chi connectivity index (χ0n) is 7.74. The highest BCUT2D eigenvalue weighted by atomic mass is 79.9. The standard InChI is InChI=1S/C8H14BrNO3/c1-5(9)3-6(2)10-7(11)4-13-8(10)12/h5-7,11H,3-4H2,1-2H3. The molecule has 0 saturated carbocycles. The molecule has 1 amide bonds. The molecule has 0 spiro atoms. The van der Waals surface area contributed by atoms with E-state index in [1.165, 1.54) is 4.90 Å². The van der Waals surface area contributed by atoms with E-state index in [4.69, 9.17) is 4.74 Å². The number of hydrogen-bond donors (Lipinski definition) is 1. The molecule has 1 fully saturated rings. The Balaban J connectivity index is 2.53. The van der Waals surface area contributed by atoms with E-state index in [2.05, 4.69) is 15.9 Å². The maximum Gasteiger partial charge on any atom is 0.412 e. The van der Waals surface area contributed by atoms with Crippen molar-refractivity contribution in [2.24, 2.45) is 0 Å². The minimum atomic E-state index is -0.784. The molecule has 1 heterocycles. The van der Waals surface area contributed by atoms with Crippen LogP contribution in [-0.2, 0) is 4.74 Å². The Hall–Kier alpha value is -0.290. The van der Waals surface area contributed by atoms with Crippen LogP contribution in [0.2, 0.25) is 0 Å². The molecule has 1 aliphatic heterocycles. The number of halogens is 1. The fourth-order valence-corrected chi connectivity index (χ4v) is 2.02. The first-order valence-corrected chi connectivity index (χ1v) is 5.21. The predicted molar refractivity (Wildman–Crippen MR) is 51.7 cm³/mol. The topological polar surface area (TPSA) is 49.8 Å². The fraction of sp³-hybridized carbons (Fsp3) is 0.875. The largest absolute Gasteiger partial charge is 0.445 e. The van der Waals surface area contributed by atoms with Crippen LogP contribution in [0.15, 0.2) is 0 Å². The number of ether oxygens (including phenoxy) is 1. The van der Waals surface area contributed by atoms with E-state index in [0.717, 1.165) is 6.42 Å². The summed E-state index contributed by atoms with van der Waals surface area (Å²) in [6, 6.07) is -0.000579. The molecule has 0 radical (unpaired) electrons. The van der Waals surface area contributed by atoms with Crippen LogP contribution in [0.5, 0.6) is 0 Å². The Morgan fingerprint density at radius 2 is 2.38 bits per heavy atom. The number of amides is 1. The van der Waals surface area contributed by atoms with E-state index in [0.29, 0.717) is 4.83 Å². The Labute approximate surface area is 86.0 Å². The quantitative estimate of drug-likeness (QED) is 0.770. The van der Waals surface area contributed by atoms with Gasteiger partial charge in [0.15, 0.2) is 6.23 Å². The highest BCUT2D eigenvalue weighted by molar-refractivity contribution is 9.09. The van der Waals surface area contributed by atoms with Gasteiger partial charge in [0.25, 0.3) is 0 Å². The first-order chi connectivity index (χ1) is 6.02. The van der Waals surface area contributed by atoms with Gasteiger partial charge in [-0.25, -0.2) is 4.79 Å². The molecule has 4 nitrogen and oxygen atoms in total. The summed E-state index contributed by atoms with van der Waals surface area (Å²) in [6.07, 6.45) is -0.409. The first-order valence-electron chi connectivity index (χ1n) is 4.29. The SMILES string of the molecule is CC(Br)CC(C)N1C(=O)OCC1O. The molecule has 3 atom stereocenters. The number of nitrogens with zero attached hydrogens (tertiary/aromatic N) is 1. The number of aliphatic hydroxyl groups is 1. The summed E-state index contributed by atoms with van der Waals surface area (Å²) < 4.78 is 4.70. The summed E-state index contributed by atoms with van der Waals surface area (Å²) in [5, 5.41) is 9.41. The maximum atomic E-state index is 11.1. The number of aliphatic hydroxyl groups excluding tert-OH is 1. The van der Waals surface area contributed by atoms with Crippen molar-refractivity contribution >= 4 is 22.0 Å². The van der Waals surface area contributed by atoms with Crippen LogP contribution in [0.4, 0.5) is 4.79 Å². The molecule has 3 unspecified atom stereocenters. The zero-order chi connectivity index (χ0) is 10.0. The number of alkyl halides is 1. The molecule has 0 aliphatic carbocycles. The minimum absolute atomic E-state index is 0.000579. The van der Waals surface area contributed by atoms with Crippen molar-refractivity contribution in [2.75, 3.05) is 6.61 Å². The van der Waals surface area contributed by atoms with Gasteiger partial charge in [0.1, 0.15) is 6.61 Å². The van der Waals surface area contributed by atoms with Crippen LogP contribution in [0.3, 0.4) is 0 Å². The molecule has 1 N–H and O–H groups in total. The molecular formula is C8H14BrNO3. The average Bonchev–Trinajstić information content (AvgIpc) is 2.29. The third-order valence-corrected chi connectivity index (χ3v) is 2.40. The lowest BCUT2D eigenvalue weighted by atomic mass is 10.2. The highest BCUT2D eigenvalue weighted by Gasteiger charge is 2.35. The van der Waals surface area contributed by atoms with Gasteiger partial charge in [-0.05, 0) is 13.3 Å². The summed E-state index contributed by atoms with van der Waals surface area (Å²) in [4.78, 5) is 12.8. The van der Waals surface area contributed by atoms with Crippen LogP contribution in [0.25, 0.3) is 0 Å². The molecule has 1 saturated heterocycles. The summed E-state index contributed by atoms with van der Waals surface area (Å²) in [5.41, 5.74) is 0. The first kappa shape index (κ1) is 10.8. The van der Waals surface area contributed by atoms with E-state index >= 15 is 0 Å². The van der Waals surface area contributed by atoms with Gasteiger partial charge in [0.2, 0.25) is 0 Å². The van der Waals surface area contributed by atoms with E-state index in [1.807, 2.05) is 13.8 Å². The second kappa shape index (κ2) is 4.28. The van der Waals surface area contributed by atoms with Crippen LogP contribution in [0.1, 0.15) is 20.3 Å². The predicted octanol–water partition coefficient (Wildman–Crippen LogP) is 1.32. The van der Waals surface area contributed by atoms with E-state index in [-0.39, 0.29) is 12.6 Å². The van der Waals surface area contributed by atoms with Crippen molar-refractivity contribution in [3.63, 3.8) is 0 Å². The summed E-state index contributed by atoms with van der Waals surface area (Å²) in [6.45, 7) is 3.98. The van der Waals surface area contributed by atoms with Gasteiger partial charge in [-0.1, -0.05) is 22.9 Å². The van der Waals surface area contributed by atoms with Gasteiger partial charge >= 0.3 is 6.09 Å². The molecule has 13 heavy (non-hydrogen) atoms. The highest BCUT2D eigenvalue weighted by Crippen LogP contribution is 2.19. The summed E-state index contributed by atoms with van der Waals surface area (Å²) >= 11 is 3.40. The molecule has 5 heteroatoms. The molecule has 76 valence electrons. The van der Waals surface area contributed by atoms with Gasteiger partial charge < -0.3 is 9.84 Å². The van der Waals surface area contributed by atoms with Gasteiger partial charge in [-0.2, -0.15) is 0 Å². The number of hydrogen-bond acceptors (Lipinski definition) is 3. The van der Waals surface area contributed by atoms with Crippen molar-refractivity contribution in [2.45, 2.75) is 37.4 Å². The van der Waals surface area contributed by atoms with Crippen molar-refractivity contribution < 1.29 is 14.6 Å². The van der Waals surface area contributed by atoms with Crippen molar-refractivity contribution in [3.05, 3.63) is 0 Å². The Bertz CT molecular complexity index is 198. The fourth-order valence-electron chi connectivity index (χ4n) is 1.48. The van der Waals surface area contributed by atoms with E-state index in [9.17, 15) is 9.90 Å². The summed E-state index contributed by atoms with van der Waals surface area (Å²) in [5.74, 6) is 0. The van der Waals surface area contributed by atoms with Crippen LogP contribution >= 0.6 is 15.9 Å². The zero-order valence-corrected chi connectivity index (χ0v) is 9.32. The van der Waals surface area contributed by atoms with E-state index in [1.54, 1.807) is 0 Å². The van der Waals surface area contributed by atoms with Crippen LogP contribution in [-0.4, -0.2) is 39.8 Å². The van der Waals surface area contributed by atoms with Gasteiger partial charge in [0, 0.05) is 10.9 Å². The monoisotopic (exact) mass is 251 g/mol. The molecule has 1 rings (SSSR count). The number of cyclic esters (lactones) is 1.